The number of alkyl halides is 1. The molecule has 0 spiro atoms. The molecule has 4 heteroatoms. The minimum Gasteiger partial charge on any atom is -0.391 e. The lowest BCUT2D eigenvalue weighted by Gasteiger charge is -1.96. The Morgan fingerprint density at radius 1 is 1.40 bits per heavy atom. The molecule has 3 nitrogen and oxygen atoms in total. The van der Waals surface area contributed by atoms with Gasteiger partial charge in [0.15, 0.2) is 6.67 Å². The predicted molar refractivity (Wildman–Crippen MR) is 32.0 cm³/mol. The number of halogens is 1. The molecular formula is C6H9FO3. The monoisotopic (exact) mass is 148 g/mol. The van der Waals surface area contributed by atoms with Crippen molar-refractivity contribution < 1.29 is 18.7 Å². The maximum Gasteiger partial charge on any atom is 0.345 e. The summed E-state index contributed by atoms with van der Waals surface area (Å²) in [4.78, 5) is 20.5. The molecule has 0 aromatic heterocycles. The van der Waals surface area contributed by atoms with Gasteiger partial charge in [-0.15, -0.1) is 0 Å². The fraction of sp³-hybridized carbons (Fsp3) is 0.667. The molecule has 0 fully saturated rings. The van der Waals surface area contributed by atoms with Gasteiger partial charge in [-0.05, 0) is 6.42 Å². The van der Waals surface area contributed by atoms with Gasteiger partial charge in [-0.2, -0.15) is 0 Å². The summed E-state index contributed by atoms with van der Waals surface area (Å²) >= 11 is 0. The highest BCUT2D eigenvalue weighted by Gasteiger charge is 2.07. The highest BCUT2D eigenvalue weighted by molar-refractivity contribution is 5.85. The quantitative estimate of drug-likeness (QED) is 0.439. The van der Waals surface area contributed by atoms with E-state index in [4.69, 9.17) is 0 Å². The van der Waals surface area contributed by atoms with E-state index in [-0.39, 0.29) is 6.42 Å². The van der Waals surface area contributed by atoms with Crippen molar-refractivity contribution in [3.8, 4) is 0 Å². The molecule has 0 aliphatic heterocycles. The molecule has 58 valence electrons. The number of carbonyl (C=O) groups is 2. The fourth-order valence-electron chi connectivity index (χ4n) is 0.409. The summed E-state index contributed by atoms with van der Waals surface area (Å²) in [7, 11) is 0. The first-order valence-electron chi connectivity index (χ1n) is 3.00. The molecule has 0 aromatic rings. The number of hydrogen-bond donors (Lipinski definition) is 0. The van der Waals surface area contributed by atoms with E-state index in [1.807, 2.05) is 0 Å². The van der Waals surface area contributed by atoms with E-state index in [0.29, 0.717) is 6.42 Å². The van der Waals surface area contributed by atoms with Crippen LogP contribution in [-0.2, 0) is 14.3 Å². The highest BCUT2D eigenvalue weighted by atomic mass is 19.1. The van der Waals surface area contributed by atoms with Gasteiger partial charge < -0.3 is 4.74 Å². The van der Waals surface area contributed by atoms with E-state index in [1.165, 1.54) is 0 Å². The van der Waals surface area contributed by atoms with Crippen LogP contribution in [0.5, 0.6) is 0 Å². The smallest absolute Gasteiger partial charge is 0.345 e. The third-order valence-electron chi connectivity index (χ3n) is 0.791. The second-order valence-electron chi connectivity index (χ2n) is 1.73. The summed E-state index contributed by atoms with van der Waals surface area (Å²) in [5.41, 5.74) is 0. The van der Waals surface area contributed by atoms with Crippen LogP contribution < -0.4 is 0 Å². The first-order chi connectivity index (χ1) is 4.70. The molecular weight excluding hydrogens is 139 g/mol. The van der Waals surface area contributed by atoms with Gasteiger partial charge in [-0.3, -0.25) is 4.79 Å². The Bertz CT molecular complexity index is 133. The average Bonchev–Trinajstić information content (AvgIpc) is 1.88. The van der Waals surface area contributed by atoms with Gasteiger partial charge in [0, 0.05) is 6.42 Å². The highest BCUT2D eigenvalue weighted by Crippen LogP contribution is 1.91. The SMILES string of the molecule is CCCC(=O)OC(=O)CF. The molecule has 0 aliphatic rings. The molecule has 0 atom stereocenters. The van der Waals surface area contributed by atoms with Gasteiger partial charge >= 0.3 is 11.9 Å². The predicted octanol–water partition coefficient (Wildman–Crippen LogP) is 0.826. The van der Waals surface area contributed by atoms with E-state index >= 15 is 0 Å². The second-order valence-corrected chi connectivity index (χ2v) is 1.73. The molecule has 0 aromatic carbocycles. The first kappa shape index (κ1) is 9.07. The van der Waals surface area contributed by atoms with Crippen molar-refractivity contribution in [2.75, 3.05) is 6.67 Å². The molecule has 0 amide bonds. The van der Waals surface area contributed by atoms with Crippen LogP contribution >= 0.6 is 0 Å². The van der Waals surface area contributed by atoms with Gasteiger partial charge in [0.2, 0.25) is 0 Å². The molecule has 0 saturated carbocycles. The summed E-state index contributed by atoms with van der Waals surface area (Å²) in [6.07, 6.45) is 0.754. The maximum atomic E-state index is 11.4. The van der Waals surface area contributed by atoms with E-state index < -0.39 is 18.6 Å². The Balaban J connectivity index is 3.47. The van der Waals surface area contributed by atoms with Gasteiger partial charge in [-0.25, -0.2) is 9.18 Å². The number of ether oxygens (including phenoxy) is 1. The van der Waals surface area contributed by atoms with Crippen molar-refractivity contribution in [2.24, 2.45) is 0 Å². The van der Waals surface area contributed by atoms with E-state index in [0.717, 1.165) is 0 Å². The zero-order valence-corrected chi connectivity index (χ0v) is 5.72. The summed E-state index contributed by atoms with van der Waals surface area (Å²) in [6.45, 7) is 0.524. The Labute approximate surface area is 58.2 Å². The minimum absolute atomic E-state index is 0.158. The van der Waals surface area contributed by atoms with Crippen molar-refractivity contribution in [3.05, 3.63) is 0 Å². The van der Waals surface area contributed by atoms with Crippen molar-refractivity contribution >= 4 is 11.9 Å². The fourth-order valence-corrected chi connectivity index (χ4v) is 0.409. The van der Waals surface area contributed by atoms with Gasteiger partial charge in [0.25, 0.3) is 0 Å². The van der Waals surface area contributed by atoms with Crippen LogP contribution in [0.3, 0.4) is 0 Å². The standard InChI is InChI=1S/C6H9FO3/c1-2-3-5(8)10-6(9)4-7/h2-4H2,1H3. The van der Waals surface area contributed by atoms with Crippen molar-refractivity contribution in [1.82, 2.24) is 0 Å². The van der Waals surface area contributed by atoms with Gasteiger partial charge in [0.05, 0.1) is 0 Å². The molecule has 0 rings (SSSR count). The lowest BCUT2D eigenvalue weighted by atomic mass is 10.3. The molecule has 0 N–H and O–H groups in total. The van der Waals surface area contributed by atoms with Crippen LogP contribution in [0.4, 0.5) is 4.39 Å². The second kappa shape index (κ2) is 4.90. The van der Waals surface area contributed by atoms with Gasteiger partial charge in [-0.1, -0.05) is 6.92 Å². The van der Waals surface area contributed by atoms with Crippen LogP contribution in [0.1, 0.15) is 19.8 Å². The number of esters is 2. The molecule has 10 heavy (non-hydrogen) atoms. The lowest BCUT2D eigenvalue weighted by molar-refractivity contribution is -0.160. The van der Waals surface area contributed by atoms with Crippen molar-refractivity contribution in [1.29, 1.82) is 0 Å². The Morgan fingerprint density at radius 2 is 2.00 bits per heavy atom. The van der Waals surface area contributed by atoms with E-state index in [9.17, 15) is 14.0 Å². The summed E-state index contributed by atoms with van der Waals surface area (Å²) in [5, 5.41) is 0. The first-order valence-corrected chi connectivity index (χ1v) is 3.00. The van der Waals surface area contributed by atoms with Crippen LogP contribution in [0.25, 0.3) is 0 Å². The third-order valence-corrected chi connectivity index (χ3v) is 0.791. The van der Waals surface area contributed by atoms with E-state index in [2.05, 4.69) is 4.74 Å². The van der Waals surface area contributed by atoms with Gasteiger partial charge in [0.1, 0.15) is 0 Å². The summed E-state index contributed by atoms with van der Waals surface area (Å²) in [5.74, 6) is -1.77. The van der Waals surface area contributed by atoms with Crippen LogP contribution in [0, 0.1) is 0 Å². The molecule has 0 saturated heterocycles. The Kier molecular flexibility index (Phi) is 4.45. The van der Waals surface area contributed by atoms with Crippen molar-refractivity contribution in [2.45, 2.75) is 19.8 Å². The molecule has 0 radical (unpaired) electrons. The Morgan fingerprint density at radius 3 is 2.40 bits per heavy atom. The maximum absolute atomic E-state index is 11.4. The van der Waals surface area contributed by atoms with Crippen LogP contribution in [-0.4, -0.2) is 18.6 Å². The third kappa shape index (κ3) is 4.00. The minimum atomic E-state index is -1.24. The van der Waals surface area contributed by atoms with Crippen molar-refractivity contribution in [3.63, 3.8) is 0 Å². The summed E-state index contributed by atoms with van der Waals surface area (Å²) < 4.78 is 15.3. The van der Waals surface area contributed by atoms with E-state index in [1.54, 1.807) is 6.92 Å². The molecule has 0 bridgehead atoms. The normalized spacial score (nSPS) is 9.00. The number of hydrogen-bond acceptors (Lipinski definition) is 3. The Hall–Kier alpha value is -0.930. The molecule has 0 aliphatic carbocycles. The molecule has 0 heterocycles. The topological polar surface area (TPSA) is 43.4 Å². The molecule has 0 unspecified atom stereocenters. The summed E-state index contributed by atoms with van der Waals surface area (Å²) in [6, 6.07) is 0. The zero-order chi connectivity index (χ0) is 7.98. The number of carbonyl (C=O) groups excluding carboxylic acids is 2. The number of rotatable bonds is 3. The van der Waals surface area contributed by atoms with Crippen LogP contribution in [0.2, 0.25) is 0 Å². The van der Waals surface area contributed by atoms with Crippen LogP contribution in [0.15, 0.2) is 0 Å². The lowest BCUT2D eigenvalue weighted by Crippen LogP contribution is -2.12. The zero-order valence-electron chi connectivity index (χ0n) is 5.72. The average molecular weight is 148 g/mol. The largest absolute Gasteiger partial charge is 0.391 e.